The van der Waals surface area contributed by atoms with Gasteiger partial charge in [-0.3, -0.25) is 4.79 Å². The maximum Gasteiger partial charge on any atom is 0.236 e. The van der Waals surface area contributed by atoms with Crippen LogP contribution < -0.4 is 11.1 Å². The van der Waals surface area contributed by atoms with Crippen LogP contribution in [0.3, 0.4) is 0 Å². The summed E-state index contributed by atoms with van der Waals surface area (Å²) in [5.74, 6) is 4.64. The fourth-order valence-corrected chi connectivity index (χ4v) is 4.83. The molecule has 0 spiro atoms. The van der Waals surface area contributed by atoms with Crippen molar-refractivity contribution in [1.82, 2.24) is 5.32 Å². The van der Waals surface area contributed by atoms with Gasteiger partial charge in [-0.25, -0.2) is 0 Å². The van der Waals surface area contributed by atoms with Gasteiger partial charge >= 0.3 is 0 Å². The Bertz CT molecular complexity index is 347. The van der Waals surface area contributed by atoms with Crippen molar-refractivity contribution < 1.29 is 4.79 Å². The maximum atomic E-state index is 11.4. The SMILES string of the molecule is CC(N)C(=O)NC/C=C/C1C2CC3CC(C2)CC1C3. The van der Waals surface area contributed by atoms with E-state index in [2.05, 4.69) is 17.5 Å². The smallest absolute Gasteiger partial charge is 0.236 e. The van der Waals surface area contributed by atoms with Gasteiger partial charge in [0.2, 0.25) is 5.91 Å². The lowest BCUT2D eigenvalue weighted by Gasteiger charge is -2.53. The van der Waals surface area contributed by atoms with Gasteiger partial charge < -0.3 is 11.1 Å². The highest BCUT2D eigenvalue weighted by Crippen LogP contribution is 2.56. The molecular formula is C16H26N2O. The molecule has 4 bridgehead atoms. The number of hydrogen-bond donors (Lipinski definition) is 2. The second-order valence-electron chi connectivity index (χ2n) is 6.97. The van der Waals surface area contributed by atoms with Crippen LogP contribution in [0, 0.1) is 29.6 Å². The summed E-state index contributed by atoms with van der Waals surface area (Å²) in [5.41, 5.74) is 5.52. The van der Waals surface area contributed by atoms with E-state index >= 15 is 0 Å². The number of nitrogens with one attached hydrogen (secondary N) is 1. The van der Waals surface area contributed by atoms with Gasteiger partial charge in [-0.05, 0) is 68.6 Å². The third-order valence-electron chi connectivity index (χ3n) is 5.47. The molecule has 4 saturated carbocycles. The van der Waals surface area contributed by atoms with E-state index in [0.717, 1.165) is 29.6 Å². The first-order valence-electron chi connectivity index (χ1n) is 7.83. The molecule has 0 aliphatic heterocycles. The van der Waals surface area contributed by atoms with Crippen LogP contribution in [0.4, 0.5) is 0 Å². The monoisotopic (exact) mass is 262 g/mol. The Labute approximate surface area is 116 Å². The van der Waals surface area contributed by atoms with E-state index in [1.807, 2.05) is 0 Å². The molecule has 0 radical (unpaired) electrons. The fourth-order valence-electron chi connectivity index (χ4n) is 4.83. The largest absolute Gasteiger partial charge is 0.351 e. The van der Waals surface area contributed by atoms with Crippen molar-refractivity contribution in [3.05, 3.63) is 12.2 Å². The van der Waals surface area contributed by atoms with E-state index in [1.165, 1.54) is 32.1 Å². The first kappa shape index (κ1) is 13.2. The normalized spacial score (nSPS) is 41.7. The van der Waals surface area contributed by atoms with Crippen molar-refractivity contribution >= 4 is 5.91 Å². The molecule has 0 saturated heterocycles. The Kier molecular flexibility index (Phi) is 3.66. The highest BCUT2D eigenvalue weighted by Gasteiger charge is 2.46. The van der Waals surface area contributed by atoms with Crippen LogP contribution in [0.15, 0.2) is 12.2 Å². The van der Waals surface area contributed by atoms with E-state index < -0.39 is 6.04 Å². The molecule has 3 heteroatoms. The average Bonchev–Trinajstić information content (AvgIpc) is 2.35. The summed E-state index contributed by atoms with van der Waals surface area (Å²) < 4.78 is 0. The third kappa shape index (κ3) is 2.71. The molecule has 4 fully saturated rings. The second-order valence-corrected chi connectivity index (χ2v) is 6.97. The quantitative estimate of drug-likeness (QED) is 0.762. The van der Waals surface area contributed by atoms with Crippen LogP contribution >= 0.6 is 0 Å². The van der Waals surface area contributed by atoms with E-state index in [9.17, 15) is 4.79 Å². The molecule has 4 aliphatic carbocycles. The molecule has 3 nitrogen and oxygen atoms in total. The molecule has 106 valence electrons. The van der Waals surface area contributed by atoms with Gasteiger partial charge in [-0.2, -0.15) is 0 Å². The van der Waals surface area contributed by atoms with E-state index in [-0.39, 0.29) is 5.91 Å². The second kappa shape index (κ2) is 5.28. The Morgan fingerprint density at radius 2 is 1.79 bits per heavy atom. The van der Waals surface area contributed by atoms with Crippen molar-refractivity contribution in [1.29, 1.82) is 0 Å². The predicted octanol–water partition coefficient (Wildman–Crippen LogP) is 2.08. The molecule has 19 heavy (non-hydrogen) atoms. The van der Waals surface area contributed by atoms with Crippen molar-refractivity contribution in [3.8, 4) is 0 Å². The van der Waals surface area contributed by atoms with Crippen molar-refractivity contribution in [2.75, 3.05) is 6.54 Å². The van der Waals surface area contributed by atoms with Crippen LogP contribution in [0.25, 0.3) is 0 Å². The van der Waals surface area contributed by atoms with Gasteiger partial charge in [-0.1, -0.05) is 12.2 Å². The molecule has 4 aliphatic rings. The van der Waals surface area contributed by atoms with E-state index in [4.69, 9.17) is 5.73 Å². The standard InChI is InChI=1S/C16H26N2O/c1-10(17)16(19)18-4-2-3-15-13-6-11-5-12(8-13)9-14(15)7-11/h2-3,10-15H,4-9,17H2,1H3,(H,18,19)/b3-2+. The Morgan fingerprint density at radius 1 is 1.21 bits per heavy atom. The van der Waals surface area contributed by atoms with E-state index in [0.29, 0.717) is 6.54 Å². The van der Waals surface area contributed by atoms with E-state index in [1.54, 1.807) is 6.92 Å². The topological polar surface area (TPSA) is 55.1 Å². The lowest BCUT2D eigenvalue weighted by atomic mass is 9.52. The Hall–Kier alpha value is -0.830. The third-order valence-corrected chi connectivity index (χ3v) is 5.47. The van der Waals surface area contributed by atoms with Gasteiger partial charge in [0, 0.05) is 6.54 Å². The predicted molar refractivity (Wildman–Crippen MR) is 76.3 cm³/mol. The zero-order chi connectivity index (χ0) is 13.4. The number of amides is 1. The van der Waals surface area contributed by atoms with Gasteiger partial charge in [0.15, 0.2) is 0 Å². The number of hydrogen-bond acceptors (Lipinski definition) is 2. The summed E-state index contributed by atoms with van der Waals surface area (Å²) in [6, 6.07) is -0.408. The molecule has 1 atom stereocenters. The van der Waals surface area contributed by atoms with Gasteiger partial charge in [0.05, 0.1) is 6.04 Å². The minimum absolute atomic E-state index is 0.0604. The number of rotatable bonds is 4. The summed E-state index contributed by atoms with van der Waals surface area (Å²) in [4.78, 5) is 11.4. The first-order chi connectivity index (χ1) is 9.13. The van der Waals surface area contributed by atoms with Crippen LogP contribution in [-0.4, -0.2) is 18.5 Å². The van der Waals surface area contributed by atoms with Crippen molar-refractivity contribution in [3.63, 3.8) is 0 Å². The van der Waals surface area contributed by atoms with Gasteiger partial charge in [-0.15, -0.1) is 0 Å². The molecule has 0 aromatic rings. The van der Waals surface area contributed by atoms with Crippen molar-refractivity contribution in [2.24, 2.45) is 35.3 Å². The summed E-state index contributed by atoms with van der Waals surface area (Å²) >= 11 is 0. The summed E-state index contributed by atoms with van der Waals surface area (Å²) in [6.45, 7) is 2.35. The van der Waals surface area contributed by atoms with Crippen LogP contribution in [0.5, 0.6) is 0 Å². The maximum absolute atomic E-state index is 11.4. The summed E-state index contributed by atoms with van der Waals surface area (Å²) in [7, 11) is 0. The first-order valence-corrected chi connectivity index (χ1v) is 7.83. The van der Waals surface area contributed by atoms with Crippen molar-refractivity contribution in [2.45, 2.75) is 45.1 Å². The minimum atomic E-state index is -0.408. The number of carbonyl (C=O) groups is 1. The Balaban J connectivity index is 1.51. The average molecular weight is 262 g/mol. The molecule has 1 unspecified atom stereocenters. The van der Waals surface area contributed by atoms with Gasteiger partial charge in [0.1, 0.15) is 0 Å². The Morgan fingerprint density at radius 3 is 2.32 bits per heavy atom. The summed E-state index contributed by atoms with van der Waals surface area (Å²) in [5, 5.41) is 2.85. The minimum Gasteiger partial charge on any atom is -0.351 e. The molecule has 0 aromatic carbocycles. The lowest BCUT2D eigenvalue weighted by molar-refractivity contribution is -0.121. The molecule has 0 aromatic heterocycles. The highest BCUT2D eigenvalue weighted by atomic mass is 16.2. The summed E-state index contributed by atoms with van der Waals surface area (Å²) in [6.07, 6.45) is 11.8. The van der Waals surface area contributed by atoms with Crippen LogP contribution in [0.2, 0.25) is 0 Å². The number of nitrogens with two attached hydrogens (primary N) is 1. The van der Waals surface area contributed by atoms with Gasteiger partial charge in [0.25, 0.3) is 0 Å². The molecule has 1 amide bonds. The highest BCUT2D eigenvalue weighted by molar-refractivity contribution is 5.81. The molecule has 4 rings (SSSR count). The van der Waals surface area contributed by atoms with Crippen LogP contribution in [0.1, 0.15) is 39.0 Å². The zero-order valence-electron chi connectivity index (χ0n) is 11.8. The fraction of sp³-hybridized carbons (Fsp3) is 0.812. The zero-order valence-corrected chi connectivity index (χ0v) is 11.8. The molecular weight excluding hydrogens is 236 g/mol. The number of carbonyl (C=O) groups excluding carboxylic acids is 1. The molecule has 0 heterocycles. The number of allylic oxidation sites excluding steroid dienone is 1. The lowest BCUT2D eigenvalue weighted by Crippen LogP contribution is -2.44. The van der Waals surface area contributed by atoms with Crippen LogP contribution in [-0.2, 0) is 4.79 Å². The molecule has 3 N–H and O–H groups in total.